The molecule has 106 valence electrons. The van der Waals surface area contributed by atoms with Gasteiger partial charge in [-0.1, -0.05) is 18.6 Å². The Hall–Kier alpha value is -1.42. The fourth-order valence-corrected chi connectivity index (χ4v) is 2.08. The van der Waals surface area contributed by atoms with Crippen LogP contribution >= 0.6 is 0 Å². The summed E-state index contributed by atoms with van der Waals surface area (Å²) >= 11 is 0. The molecule has 0 radical (unpaired) electrons. The molecule has 1 rings (SSSR count). The summed E-state index contributed by atoms with van der Waals surface area (Å²) in [5, 5.41) is 3.11. The predicted octanol–water partition coefficient (Wildman–Crippen LogP) is 3.92. The van der Waals surface area contributed by atoms with Crippen molar-refractivity contribution in [3.63, 3.8) is 0 Å². The maximum atomic E-state index is 12.3. The minimum absolute atomic E-state index is 0.277. The summed E-state index contributed by atoms with van der Waals surface area (Å²) in [6.45, 7) is 3.70. The molecule has 0 atom stereocenters. The minimum Gasteiger partial charge on any atom is -0.434 e. The third kappa shape index (κ3) is 4.63. The molecule has 0 saturated heterocycles. The van der Waals surface area contributed by atoms with Gasteiger partial charge in [-0.25, -0.2) is 0 Å². The first-order chi connectivity index (χ1) is 8.97. The summed E-state index contributed by atoms with van der Waals surface area (Å²) in [5.41, 5.74) is 3.74. The van der Waals surface area contributed by atoms with E-state index in [-0.39, 0.29) is 5.75 Å². The van der Waals surface area contributed by atoms with Gasteiger partial charge >= 0.3 is 6.61 Å². The fourth-order valence-electron chi connectivity index (χ4n) is 2.08. The highest BCUT2D eigenvalue weighted by atomic mass is 19.3. The lowest BCUT2D eigenvalue weighted by molar-refractivity contribution is -0.0507. The van der Waals surface area contributed by atoms with Gasteiger partial charge in [0.25, 0.3) is 0 Å². The van der Waals surface area contributed by atoms with Gasteiger partial charge in [0.05, 0.1) is 0 Å². The van der Waals surface area contributed by atoms with Crippen LogP contribution < -0.4 is 10.1 Å². The van der Waals surface area contributed by atoms with Gasteiger partial charge in [0.2, 0.25) is 0 Å². The molecule has 1 aromatic rings. The second kappa shape index (κ2) is 7.24. The van der Waals surface area contributed by atoms with Gasteiger partial charge in [0.15, 0.2) is 0 Å². The molecule has 1 N–H and O–H groups in total. The second-order valence-electron chi connectivity index (χ2n) is 4.55. The number of benzene rings is 1. The van der Waals surface area contributed by atoms with Crippen molar-refractivity contribution in [1.82, 2.24) is 5.32 Å². The molecule has 0 fully saturated rings. The van der Waals surface area contributed by atoms with E-state index in [0.29, 0.717) is 0 Å². The quantitative estimate of drug-likeness (QED) is 0.845. The normalized spacial score (nSPS) is 12.1. The van der Waals surface area contributed by atoms with Gasteiger partial charge in [0, 0.05) is 6.54 Å². The molecule has 0 aromatic heterocycles. The Labute approximate surface area is 113 Å². The lowest BCUT2D eigenvalue weighted by Gasteiger charge is -2.13. The maximum absolute atomic E-state index is 12.3. The van der Waals surface area contributed by atoms with E-state index in [0.717, 1.165) is 29.7 Å². The lowest BCUT2D eigenvalue weighted by atomic mass is 10.0. The second-order valence-corrected chi connectivity index (χ2v) is 4.55. The van der Waals surface area contributed by atoms with E-state index in [9.17, 15) is 8.78 Å². The van der Waals surface area contributed by atoms with Crippen LogP contribution in [0.3, 0.4) is 0 Å². The summed E-state index contributed by atoms with van der Waals surface area (Å²) < 4.78 is 29.2. The number of likely N-dealkylation sites (N-methyl/N-ethyl adjacent to an activating group) is 1. The number of aryl methyl sites for hydroxylation is 2. The molecule has 0 aliphatic heterocycles. The van der Waals surface area contributed by atoms with Crippen LogP contribution in [0.15, 0.2) is 17.7 Å². The standard InChI is InChI=1S/C15H21F2NO/c1-5-12(9-18-4)8-13-6-10(2)14(11(3)7-13)19-15(16)17/h6-8,15,18H,5,9H2,1-4H3. The van der Waals surface area contributed by atoms with Crippen LogP contribution in [0.1, 0.15) is 30.0 Å². The molecule has 0 aliphatic rings. The van der Waals surface area contributed by atoms with Crippen molar-refractivity contribution in [2.24, 2.45) is 0 Å². The highest BCUT2D eigenvalue weighted by molar-refractivity contribution is 5.58. The number of hydrogen-bond donors (Lipinski definition) is 1. The van der Waals surface area contributed by atoms with Crippen molar-refractivity contribution in [3.8, 4) is 5.75 Å². The van der Waals surface area contributed by atoms with E-state index in [1.54, 1.807) is 13.8 Å². The monoisotopic (exact) mass is 269 g/mol. The summed E-state index contributed by atoms with van der Waals surface area (Å²) in [4.78, 5) is 0. The maximum Gasteiger partial charge on any atom is 0.387 e. The Balaban J connectivity index is 3.06. The number of halogens is 2. The average molecular weight is 269 g/mol. The van der Waals surface area contributed by atoms with Crippen molar-refractivity contribution in [2.45, 2.75) is 33.8 Å². The summed E-state index contributed by atoms with van der Waals surface area (Å²) in [5.74, 6) is 0.277. The van der Waals surface area contributed by atoms with Crippen LogP contribution in [-0.2, 0) is 0 Å². The summed E-state index contributed by atoms with van der Waals surface area (Å²) in [6, 6.07) is 3.74. The highest BCUT2D eigenvalue weighted by Crippen LogP contribution is 2.27. The van der Waals surface area contributed by atoms with E-state index >= 15 is 0 Å². The molecule has 0 bridgehead atoms. The number of ether oxygens (including phenoxy) is 1. The van der Waals surface area contributed by atoms with Gasteiger partial charge in [-0.3, -0.25) is 0 Å². The smallest absolute Gasteiger partial charge is 0.387 e. The van der Waals surface area contributed by atoms with E-state index < -0.39 is 6.61 Å². The van der Waals surface area contributed by atoms with Gasteiger partial charge in [-0.15, -0.1) is 0 Å². The molecule has 1 aromatic carbocycles. The minimum atomic E-state index is -2.78. The summed E-state index contributed by atoms with van der Waals surface area (Å²) in [6.07, 6.45) is 3.04. The highest BCUT2D eigenvalue weighted by Gasteiger charge is 2.11. The molecule has 2 nitrogen and oxygen atoms in total. The largest absolute Gasteiger partial charge is 0.434 e. The zero-order chi connectivity index (χ0) is 14.4. The Morgan fingerprint density at radius 2 is 1.89 bits per heavy atom. The van der Waals surface area contributed by atoms with E-state index in [1.165, 1.54) is 5.57 Å². The molecular weight excluding hydrogens is 248 g/mol. The number of hydrogen-bond acceptors (Lipinski definition) is 2. The SMILES string of the molecule is CCC(=Cc1cc(C)c(OC(F)F)c(C)c1)CNC. The van der Waals surface area contributed by atoms with Crippen molar-refractivity contribution < 1.29 is 13.5 Å². The van der Waals surface area contributed by atoms with Gasteiger partial charge < -0.3 is 10.1 Å². The molecule has 4 heteroatoms. The molecule has 0 spiro atoms. The van der Waals surface area contributed by atoms with Crippen LogP contribution in [0, 0.1) is 13.8 Å². The first kappa shape index (κ1) is 15.6. The number of alkyl halides is 2. The third-order valence-electron chi connectivity index (χ3n) is 2.92. The number of rotatable bonds is 6. The lowest BCUT2D eigenvalue weighted by Crippen LogP contribution is -2.10. The number of nitrogens with one attached hydrogen (secondary N) is 1. The molecule has 0 heterocycles. The van der Waals surface area contributed by atoms with E-state index in [4.69, 9.17) is 0 Å². The van der Waals surface area contributed by atoms with Crippen LogP contribution in [0.2, 0.25) is 0 Å². The molecule has 0 saturated carbocycles. The zero-order valence-electron chi connectivity index (χ0n) is 11.9. The Morgan fingerprint density at radius 3 is 2.32 bits per heavy atom. The third-order valence-corrected chi connectivity index (χ3v) is 2.92. The topological polar surface area (TPSA) is 21.3 Å². The molecule has 19 heavy (non-hydrogen) atoms. The fraction of sp³-hybridized carbons (Fsp3) is 0.467. The Kier molecular flexibility index (Phi) is 5.96. The van der Waals surface area contributed by atoms with E-state index in [2.05, 4.69) is 23.1 Å². The first-order valence-corrected chi connectivity index (χ1v) is 6.38. The molecule has 0 aliphatic carbocycles. The molecular formula is C15H21F2NO. The van der Waals surface area contributed by atoms with Crippen molar-refractivity contribution >= 4 is 6.08 Å². The van der Waals surface area contributed by atoms with Crippen molar-refractivity contribution in [2.75, 3.05) is 13.6 Å². The van der Waals surface area contributed by atoms with Gasteiger partial charge in [-0.2, -0.15) is 8.78 Å². The summed E-state index contributed by atoms with van der Waals surface area (Å²) in [7, 11) is 1.90. The van der Waals surface area contributed by atoms with Crippen LogP contribution in [0.5, 0.6) is 5.75 Å². The van der Waals surface area contributed by atoms with Gasteiger partial charge in [-0.05, 0) is 56.1 Å². The first-order valence-electron chi connectivity index (χ1n) is 6.38. The van der Waals surface area contributed by atoms with Crippen molar-refractivity contribution in [1.29, 1.82) is 0 Å². The van der Waals surface area contributed by atoms with Crippen LogP contribution in [0.25, 0.3) is 6.08 Å². The van der Waals surface area contributed by atoms with E-state index in [1.807, 2.05) is 19.2 Å². The predicted molar refractivity (Wildman–Crippen MR) is 74.7 cm³/mol. The van der Waals surface area contributed by atoms with Crippen molar-refractivity contribution in [3.05, 3.63) is 34.4 Å². The van der Waals surface area contributed by atoms with Gasteiger partial charge in [0.1, 0.15) is 5.75 Å². The van der Waals surface area contributed by atoms with Crippen LogP contribution in [0.4, 0.5) is 8.78 Å². The molecule has 0 unspecified atom stereocenters. The average Bonchev–Trinajstić information content (AvgIpc) is 2.33. The Morgan fingerprint density at radius 1 is 1.32 bits per heavy atom. The zero-order valence-corrected chi connectivity index (χ0v) is 11.9. The van der Waals surface area contributed by atoms with Crippen LogP contribution in [-0.4, -0.2) is 20.2 Å². The molecule has 0 amide bonds. The Bertz CT molecular complexity index is 432.